The Balaban J connectivity index is 1.53. The van der Waals surface area contributed by atoms with E-state index in [0.717, 1.165) is 47.5 Å². The Bertz CT molecular complexity index is 913. The Morgan fingerprint density at radius 3 is 2.59 bits per heavy atom. The van der Waals surface area contributed by atoms with Crippen molar-refractivity contribution in [1.29, 1.82) is 0 Å². The van der Waals surface area contributed by atoms with Gasteiger partial charge in [-0.25, -0.2) is 0 Å². The Kier molecular flexibility index (Phi) is 6.44. The molecule has 0 unspecified atom stereocenters. The molecule has 0 aliphatic rings. The number of aryl methyl sites for hydroxylation is 1. The molecule has 0 fully saturated rings. The molecule has 0 aliphatic carbocycles. The molecule has 0 saturated carbocycles. The highest BCUT2D eigenvalue weighted by Crippen LogP contribution is 2.29. The van der Waals surface area contributed by atoms with Crippen molar-refractivity contribution in [2.45, 2.75) is 12.8 Å². The lowest BCUT2D eigenvalue weighted by molar-refractivity contribution is 0.414. The lowest BCUT2D eigenvalue weighted by atomic mass is 10.1. The molecule has 2 aromatic carbocycles. The maximum atomic E-state index is 5.43. The molecule has 1 aromatic heterocycles. The number of rotatable bonds is 7. The standard InChI is InChI=1S/C21H23N3O2S/c1-25-16-9-7-15(8-10-16)5-3-14-23-21(27)24-18-11-12-19(26-2)20-17(18)6-4-13-22-20/h4,6-13H,3,5,14H2,1-2H3,(H2,23,24,27). The minimum absolute atomic E-state index is 0.597. The molecule has 1 heterocycles. The highest BCUT2D eigenvalue weighted by molar-refractivity contribution is 7.80. The molecule has 0 atom stereocenters. The number of methoxy groups -OCH3 is 2. The number of anilines is 1. The van der Waals surface area contributed by atoms with Gasteiger partial charge in [-0.15, -0.1) is 0 Å². The van der Waals surface area contributed by atoms with Gasteiger partial charge in [0.15, 0.2) is 5.11 Å². The lowest BCUT2D eigenvalue weighted by Crippen LogP contribution is -2.29. The number of nitrogens with one attached hydrogen (secondary N) is 2. The first-order chi connectivity index (χ1) is 13.2. The second-order valence-electron chi connectivity index (χ2n) is 6.05. The summed E-state index contributed by atoms with van der Waals surface area (Å²) in [4.78, 5) is 4.40. The Morgan fingerprint density at radius 1 is 1.04 bits per heavy atom. The molecule has 2 N–H and O–H groups in total. The smallest absolute Gasteiger partial charge is 0.170 e. The number of benzene rings is 2. The highest BCUT2D eigenvalue weighted by Gasteiger charge is 2.08. The number of thiocarbonyl (C=S) groups is 1. The van der Waals surface area contributed by atoms with Gasteiger partial charge in [0.1, 0.15) is 17.0 Å². The number of aromatic nitrogens is 1. The molecular weight excluding hydrogens is 358 g/mol. The van der Waals surface area contributed by atoms with Crippen molar-refractivity contribution in [2.24, 2.45) is 0 Å². The van der Waals surface area contributed by atoms with Gasteiger partial charge in [0.2, 0.25) is 0 Å². The van der Waals surface area contributed by atoms with Crippen LogP contribution >= 0.6 is 12.2 Å². The fourth-order valence-corrected chi connectivity index (χ4v) is 3.09. The zero-order valence-electron chi connectivity index (χ0n) is 15.5. The van der Waals surface area contributed by atoms with Gasteiger partial charge < -0.3 is 20.1 Å². The van der Waals surface area contributed by atoms with Crippen molar-refractivity contribution < 1.29 is 9.47 Å². The van der Waals surface area contributed by atoms with Crippen molar-refractivity contribution >= 4 is 33.9 Å². The van der Waals surface area contributed by atoms with Gasteiger partial charge in [-0.2, -0.15) is 0 Å². The molecule has 27 heavy (non-hydrogen) atoms. The minimum atomic E-state index is 0.597. The number of fused-ring (bicyclic) bond motifs is 1. The maximum Gasteiger partial charge on any atom is 0.170 e. The zero-order valence-corrected chi connectivity index (χ0v) is 16.3. The molecule has 6 heteroatoms. The van der Waals surface area contributed by atoms with E-state index >= 15 is 0 Å². The summed E-state index contributed by atoms with van der Waals surface area (Å²) in [6.45, 7) is 0.796. The van der Waals surface area contributed by atoms with Crippen LogP contribution in [0.4, 0.5) is 5.69 Å². The number of pyridine rings is 1. The Morgan fingerprint density at radius 2 is 1.85 bits per heavy atom. The molecule has 5 nitrogen and oxygen atoms in total. The van der Waals surface area contributed by atoms with Crippen LogP contribution in [0, 0.1) is 0 Å². The Labute approximate surface area is 164 Å². The van der Waals surface area contributed by atoms with Gasteiger partial charge in [0.25, 0.3) is 0 Å². The van der Waals surface area contributed by atoms with Gasteiger partial charge in [0.05, 0.1) is 14.2 Å². The summed E-state index contributed by atoms with van der Waals surface area (Å²) in [7, 11) is 3.32. The van der Waals surface area contributed by atoms with Crippen molar-refractivity contribution in [3.05, 3.63) is 60.3 Å². The summed E-state index contributed by atoms with van der Waals surface area (Å²) in [5, 5.41) is 8.09. The third-order valence-corrected chi connectivity index (χ3v) is 4.53. The maximum absolute atomic E-state index is 5.43. The second-order valence-corrected chi connectivity index (χ2v) is 6.46. The van der Waals surface area contributed by atoms with E-state index in [1.807, 2.05) is 36.4 Å². The zero-order chi connectivity index (χ0) is 19.1. The van der Waals surface area contributed by atoms with Crippen molar-refractivity contribution in [2.75, 3.05) is 26.1 Å². The summed E-state index contributed by atoms with van der Waals surface area (Å²) in [6.07, 6.45) is 3.72. The van der Waals surface area contributed by atoms with E-state index in [0.29, 0.717) is 5.11 Å². The van der Waals surface area contributed by atoms with Crippen molar-refractivity contribution in [1.82, 2.24) is 10.3 Å². The molecule has 3 rings (SSSR count). The Hall–Kier alpha value is -2.86. The minimum Gasteiger partial charge on any atom is -0.497 e. The van der Waals surface area contributed by atoms with Crippen molar-refractivity contribution in [3.8, 4) is 11.5 Å². The van der Waals surface area contributed by atoms with Gasteiger partial charge in [-0.3, -0.25) is 4.98 Å². The third-order valence-electron chi connectivity index (χ3n) is 4.29. The lowest BCUT2D eigenvalue weighted by Gasteiger charge is -2.14. The van der Waals surface area contributed by atoms with Gasteiger partial charge in [-0.05, 0) is 67.0 Å². The summed E-state index contributed by atoms with van der Waals surface area (Å²) in [5.41, 5.74) is 3.00. The van der Waals surface area contributed by atoms with Crippen LogP contribution in [-0.4, -0.2) is 30.9 Å². The monoisotopic (exact) mass is 381 g/mol. The van der Waals surface area contributed by atoms with Crippen LogP contribution in [0.2, 0.25) is 0 Å². The first kappa shape index (κ1) is 18.9. The summed E-state index contributed by atoms with van der Waals surface area (Å²) in [5.74, 6) is 1.62. The predicted molar refractivity (Wildman–Crippen MR) is 114 cm³/mol. The average Bonchev–Trinajstić information content (AvgIpc) is 2.72. The number of hydrogen-bond acceptors (Lipinski definition) is 4. The van der Waals surface area contributed by atoms with Crippen LogP contribution in [0.3, 0.4) is 0 Å². The molecular formula is C21H23N3O2S. The van der Waals surface area contributed by atoms with Crippen LogP contribution in [0.5, 0.6) is 11.5 Å². The van der Waals surface area contributed by atoms with Crippen LogP contribution < -0.4 is 20.1 Å². The van der Waals surface area contributed by atoms with E-state index in [9.17, 15) is 0 Å². The van der Waals surface area contributed by atoms with Gasteiger partial charge in [0, 0.05) is 23.8 Å². The molecule has 0 aliphatic heterocycles. The summed E-state index contributed by atoms with van der Waals surface area (Å²) < 4.78 is 10.6. The van der Waals surface area contributed by atoms with E-state index in [1.165, 1.54) is 5.56 Å². The number of ether oxygens (including phenoxy) is 2. The largest absolute Gasteiger partial charge is 0.497 e. The van der Waals surface area contributed by atoms with E-state index in [-0.39, 0.29) is 0 Å². The summed E-state index contributed by atoms with van der Waals surface area (Å²) >= 11 is 5.43. The molecule has 0 amide bonds. The van der Waals surface area contributed by atoms with E-state index in [2.05, 4.69) is 27.8 Å². The molecule has 0 bridgehead atoms. The van der Waals surface area contributed by atoms with Crippen LogP contribution in [0.15, 0.2) is 54.7 Å². The van der Waals surface area contributed by atoms with Gasteiger partial charge >= 0.3 is 0 Å². The van der Waals surface area contributed by atoms with Crippen LogP contribution in [-0.2, 0) is 6.42 Å². The molecule has 3 aromatic rings. The molecule has 0 radical (unpaired) electrons. The first-order valence-corrected chi connectivity index (χ1v) is 9.21. The fraction of sp³-hybridized carbons (Fsp3) is 0.238. The number of nitrogens with zero attached hydrogens (tertiary/aromatic N) is 1. The quantitative estimate of drug-likeness (QED) is 0.473. The SMILES string of the molecule is COc1ccc(CCCNC(=S)Nc2ccc(OC)c3ncccc23)cc1. The highest BCUT2D eigenvalue weighted by atomic mass is 32.1. The molecule has 0 spiro atoms. The normalized spacial score (nSPS) is 10.4. The average molecular weight is 382 g/mol. The predicted octanol–water partition coefficient (Wildman–Crippen LogP) is 4.17. The third kappa shape index (κ3) is 4.86. The van der Waals surface area contributed by atoms with Crippen molar-refractivity contribution in [3.63, 3.8) is 0 Å². The molecule has 140 valence electrons. The molecule has 0 saturated heterocycles. The topological polar surface area (TPSA) is 55.4 Å². The fourth-order valence-electron chi connectivity index (χ4n) is 2.87. The van der Waals surface area contributed by atoms with E-state index < -0.39 is 0 Å². The van der Waals surface area contributed by atoms with Gasteiger partial charge in [-0.1, -0.05) is 12.1 Å². The van der Waals surface area contributed by atoms with Crippen LogP contribution in [0.1, 0.15) is 12.0 Å². The first-order valence-electron chi connectivity index (χ1n) is 8.81. The van der Waals surface area contributed by atoms with E-state index in [4.69, 9.17) is 21.7 Å². The second kappa shape index (κ2) is 9.19. The summed E-state index contributed by atoms with van der Waals surface area (Å²) in [6, 6.07) is 15.9. The van der Waals surface area contributed by atoms with Crippen LogP contribution in [0.25, 0.3) is 10.9 Å². The van der Waals surface area contributed by atoms with E-state index in [1.54, 1.807) is 20.4 Å². The number of hydrogen-bond donors (Lipinski definition) is 2.